The molecule has 1 heterocycles. The lowest BCUT2D eigenvalue weighted by Crippen LogP contribution is -2.37. The molecule has 6 heteroatoms. The lowest BCUT2D eigenvalue weighted by Gasteiger charge is -2.24. The van der Waals surface area contributed by atoms with Crippen molar-refractivity contribution in [3.8, 4) is 5.75 Å². The van der Waals surface area contributed by atoms with Gasteiger partial charge in [-0.05, 0) is 60.7 Å². The van der Waals surface area contributed by atoms with Crippen molar-refractivity contribution in [2.45, 2.75) is 25.8 Å². The fourth-order valence-electron chi connectivity index (χ4n) is 3.21. The highest BCUT2D eigenvalue weighted by Crippen LogP contribution is 2.31. The Morgan fingerprint density at radius 3 is 2.74 bits per heavy atom. The fourth-order valence-corrected chi connectivity index (χ4v) is 3.41. The van der Waals surface area contributed by atoms with Gasteiger partial charge in [0, 0.05) is 23.2 Å². The Morgan fingerprint density at radius 2 is 1.93 bits per heavy atom. The first kappa shape index (κ1) is 17.9. The summed E-state index contributed by atoms with van der Waals surface area (Å²) in [6.45, 7) is 0.767. The number of hydrogen-bond donors (Lipinski definition) is 2. The number of anilines is 1. The van der Waals surface area contributed by atoms with Crippen molar-refractivity contribution in [2.24, 2.45) is 11.8 Å². The van der Waals surface area contributed by atoms with Crippen molar-refractivity contribution in [1.82, 2.24) is 5.32 Å². The van der Waals surface area contributed by atoms with Crippen LogP contribution in [0.3, 0.4) is 0 Å². The smallest absolute Gasteiger partial charge is 0.227 e. The van der Waals surface area contributed by atoms with E-state index in [4.69, 9.17) is 16.3 Å². The molecule has 2 aromatic rings. The Labute approximate surface area is 163 Å². The molecular formula is C21H21ClN2O3. The van der Waals surface area contributed by atoms with E-state index in [0.29, 0.717) is 24.6 Å². The third kappa shape index (κ3) is 4.42. The molecule has 0 bridgehead atoms. The molecule has 1 saturated carbocycles. The van der Waals surface area contributed by atoms with E-state index in [0.717, 1.165) is 35.4 Å². The van der Waals surface area contributed by atoms with Gasteiger partial charge in [0.15, 0.2) is 0 Å². The maximum Gasteiger partial charge on any atom is 0.227 e. The van der Waals surface area contributed by atoms with Gasteiger partial charge in [-0.3, -0.25) is 9.59 Å². The maximum atomic E-state index is 12.5. The van der Waals surface area contributed by atoms with E-state index in [1.165, 1.54) is 0 Å². The van der Waals surface area contributed by atoms with Crippen LogP contribution in [0.2, 0.25) is 5.02 Å². The molecule has 0 saturated heterocycles. The summed E-state index contributed by atoms with van der Waals surface area (Å²) in [5.41, 5.74) is 2.67. The van der Waals surface area contributed by atoms with Gasteiger partial charge in [0.1, 0.15) is 12.4 Å². The first-order chi connectivity index (χ1) is 13.1. The predicted molar refractivity (Wildman–Crippen MR) is 104 cm³/mol. The largest absolute Gasteiger partial charge is 0.492 e. The second-order valence-electron chi connectivity index (χ2n) is 7.15. The summed E-state index contributed by atoms with van der Waals surface area (Å²) in [6, 6.07) is 13.0. The van der Waals surface area contributed by atoms with Gasteiger partial charge in [0.25, 0.3) is 0 Å². The van der Waals surface area contributed by atoms with Crippen molar-refractivity contribution < 1.29 is 14.3 Å². The quantitative estimate of drug-likeness (QED) is 0.828. The molecule has 0 aromatic heterocycles. The topological polar surface area (TPSA) is 67.4 Å². The molecule has 4 rings (SSSR count). The number of amides is 2. The van der Waals surface area contributed by atoms with Crippen LogP contribution in [0.1, 0.15) is 24.0 Å². The van der Waals surface area contributed by atoms with E-state index in [9.17, 15) is 9.59 Å². The van der Waals surface area contributed by atoms with Crippen LogP contribution in [-0.2, 0) is 22.6 Å². The first-order valence-corrected chi connectivity index (χ1v) is 9.55. The van der Waals surface area contributed by atoms with Gasteiger partial charge in [0.05, 0.1) is 5.92 Å². The van der Waals surface area contributed by atoms with Crippen LogP contribution in [0.4, 0.5) is 5.69 Å². The Bertz CT molecular complexity index is 879. The Balaban J connectivity index is 1.33. The molecule has 1 unspecified atom stereocenters. The molecule has 0 spiro atoms. The number of carbonyl (C=O) groups is 2. The standard InChI is InChI=1S/C21H21ClN2O3/c22-17-6-7-19-15(10-17)9-16(12-27-19)20(25)23-11-13-2-1-3-18(8-13)24-21(26)14-4-5-14/h1-3,6-8,10,14,16H,4-5,9,11-12H2,(H,23,25)(H,24,26). The highest BCUT2D eigenvalue weighted by Gasteiger charge is 2.29. The molecule has 1 atom stereocenters. The summed E-state index contributed by atoms with van der Waals surface area (Å²) in [7, 11) is 0. The lowest BCUT2D eigenvalue weighted by atomic mass is 9.96. The molecule has 2 aromatic carbocycles. The van der Waals surface area contributed by atoms with E-state index in [2.05, 4.69) is 10.6 Å². The van der Waals surface area contributed by atoms with E-state index in [-0.39, 0.29) is 23.7 Å². The molecule has 2 aliphatic rings. The lowest BCUT2D eigenvalue weighted by molar-refractivity contribution is -0.126. The highest BCUT2D eigenvalue weighted by atomic mass is 35.5. The molecular weight excluding hydrogens is 364 g/mol. The van der Waals surface area contributed by atoms with Gasteiger partial charge in [-0.1, -0.05) is 23.7 Å². The number of ether oxygens (including phenoxy) is 1. The molecule has 5 nitrogen and oxygen atoms in total. The number of nitrogens with one attached hydrogen (secondary N) is 2. The zero-order valence-electron chi connectivity index (χ0n) is 14.8. The predicted octanol–water partition coefficient (Wildman–Crippen LogP) is 3.56. The van der Waals surface area contributed by atoms with Gasteiger partial charge in [-0.25, -0.2) is 0 Å². The number of fused-ring (bicyclic) bond motifs is 1. The number of hydrogen-bond acceptors (Lipinski definition) is 3. The van der Waals surface area contributed by atoms with Gasteiger partial charge >= 0.3 is 0 Å². The molecule has 1 aliphatic carbocycles. The Hall–Kier alpha value is -2.53. The molecule has 1 fully saturated rings. The monoisotopic (exact) mass is 384 g/mol. The van der Waals surface area contributed by atoms with Crippen molar-refractivity contribution in [3.05, 3.63) is 58.6 Å². The number of halogens is 1. The van der Waals surface area contributed by atoms with Crippen LogP contribution in [0.25, 0.3) is 0 Å². The molecule has 1 aliphatic heterocycles. The summed E-state index contributed by atoms with van der Waals surface area (Å²) in [5.74, 6) is 0.744. The van der Waals surface area contributed by atoms with Gasteiger partial charge in [-0.15, -0.1) is 0 Å². The van der Waals surface area contributed by atoms with Gasteiger partial charge in [0.2, 0.25) is 11.8 Å². The zero-order chi connectivity index (χ0) is 18.8. The summed E-state index contributed by atoms with van der Waals surface area (Å²) in [6.07, 6.45) is 2.55. The molecule has 0 radical (unpaired) electrons. The second kappa shape index (κ2) is 7.61. The fraction of sp³-hybridized carbons (Fsp3) is 0.333. The van der Waals surface area contributed by atoms with Gasteiger partial charge < -0.3 is 15.4 Å². The average molecular weight is 385 g/mol. The van der Waals surface area contributed by atoms with Crippen molar-refractivity contribution in [2.75, 3.05) is 11.9 Å². The first-order valence-electron chi connectivity index (χ1n) is 9.17. The molecule has 2 amide bonds. The summed E-state index contributed by atoms with van der Waals surface area (Å²) in [5, 5.41) is 6.53. The minimum Gasteiger partial charge on any atom is -0.492 e. The average Bonchev–Trinajstić information content (AvgIpc) is 3.51. The number of rotatable bonds is 5. The highest BCUT2D eigenvalue weighted by molar-refractivity contribution is 6.30. The van der Waals surface area contributed by atoms with Crippen LogP contribution in [0, 0.1) is 11.8 Å². The van der Waals surface area contributed by atoms with Crippen LogP contribution < -0.4 is 15.4 Å². The minimum absolute atomic E-state index is 0.0481. The normalized spacial score (nSPS) is 18.2. The van der Waals surface area contributed by atoms with Crippen LogP contribution in [0.5, 0.6) is 5.75 Å². The summed E-state index contributed by atoms with van der Waals surface area (Å²) >= 11 is 6.03. The maximum absolute atomic E-state index is 12.5. The number of carbonyl (C=O) groups excluding carboxylic acids is 2. The van der Waals surface area contributed by atoms with E-state index in [1.54, 1.807) is 6.07 Å². The van der Waals surface area contributed by atoms with Crippen molar-refractivity contribution in [1.29, 1.82) is 0 Å². The number of benzene rings is 2. The third-order valence-corrected chi connectivity index (χ3v) is 5.14. The summed E-state index contributed by atoms with van der Waals surface area (Å²) in [4.78, 5) is 24.4. The second-order valence-corrected chi connectivity index (χ2v) is 7.58. The van der Waals surface area contributed by atoms with E-state index < -0.39 is 0 Å². The van der Waals surface area contributed by atoms with E-state index in [1.807, 2.05) is 36.4 Å². The summed E-state index contributed by atoms with van der Waals surface area (Å²) < 4.78 is 5.69. The Morgan fingerprint density at radius 1 is 1.07 bits per heavy atom. The minimum atomic E-state index is -0.242. The SMILES string of the molecule is O=C(NCc1cccc(NC(=O)C2CC2)c1)C1COc2ccc(Cl)cc2C1. The van der Waals surface area contributed by atoms with Crippen LogP contribution in [0.15, 0.2) is 42.5 Å². The van der Waals surface area contributed by atoms with Crippen molar-refractivity contribution in [3.63, 3.8) is 0 Å². The molecule has 2 N–H and O–H groups in total. The zero-order valence-corrected chi connectivity index (χ0v) is 15.6. The molecule has 27 heavy (non-hydrogen) atoms. The third-order valence-electron chi connectivity index (χ3n) is 4.91. The van der Waals surface area contributed by atoms with Crippen molar-refractivity contribution >= 4 is 29.1 Å². The van der Waals surface area contributed by atoms with Crippen LogP contribution >= 0.6 is 11.6 Å². The van der Waals surface area contributed by atoms with E-state index >= 15 is 0 Å². The Kier molecular flexibility index (Phi) is 5.03. The molecule has 140 valence electrons. The van der Waals surface area contributed by atoms with Gasteiger partial charge in [-0.2, -0.15) is 0 Å². The van der Waals surface area contributed by atoms with Crippen LogP contribution in [-0.4, -0.2) is 18.4 Å².